The quantitative estimate of drug-likeness (QED) is 0.694. The van der Waals surface area contributed by atoms with Gasteiger partial charge in [0.1, 0.15) is 17.5 Å². The number of nitrogens with one attached hydrogen (secondary N) is 1. The van der Waals surface area contributed by atoms with Gasteiger partial charge in [0, 0.05) is 39.3 Å². The number of ether oxygens (including phenoxy) is 3. The molecule has 8 nitrogen and oxygen atoms in total. The third kappa shape index (κ3) is 8.20. The van der Waals surface area contributed by atoms with Crippen LogP contribution in [0.1, 0.15) is 33.3 Å². The molecule has 1 N–H and O–H groups in total. The van der Waals surface area contributed by atoms with E-state index in [1.165, 1.54) is 0 Å². The van der Waals surface area contributed by atoms with E-state index < -0.39 is 11.7 Å². The number of carbonyl (C=O) groups is 2. The van der Waals surface area contributed by atoms with E-state index in [-0.39, 0.29) is 12.0 Å². The molecule has 1 saturated heterocycles. The van der Waals surface area contributed by atoms with Crippen molar-refractivity contribution < 1.29 is 23.8 Å². The fourth-order valence-corrected chi connectivity index (χ4v) is 3.02. The minimum absolute atomic E-state index is 0.134. The van der Waals surface area contributed by atoms with Crippen LogP contribution in [0.4, 0.5) is 4.79 Å². The van der Waals surface area contributed by atoms with E-state index in [1.54, 1.807) is 18.9 Å². The van der Waals surface area contributed by atoms with Gasteiger partial charge >= 0.3 is 6.09 Å². The average Bonchev–Trinajstić information content (AvgIpc) is 2.71. The Morgan fingerprint density at radius 1 is 1.17 bits per heavy atom. The van der Waals surface area contributed by atoms with Crippen molar-refractivity contribution >= 4 is 12.0 Å². The number of piperazine rings is 1. The third-order valence-electron chi connectivity index (χ3n) is 4.75. The van der Waals surface area contributed by atoms with Gasteiger partial charge in [0.15, 0.2) is 0 Å². The number of rotatable bonds is 8. The number of hydrogen-bond acceptors (Lipinski definition) is 6. The predicted octanol–water partition coefficient (Wildman–Crippen LogP) is 2.27. The summed E-state index contributed by atoms with van der Waals surface area (Å²) in [6.45, 7) is 11.7. The van der Waals surface area contributed by atoms with Crippen molar-refractivity contribution in [3.8, 4) is 5.75 Å². The molecule has 1 aliphatic heterocycles. The summed E-state index contributed by atoms with van der Waals surface area (Å²) in [5.74, 6) is 0.630. The highest BCUT2D eigenvalue weighted by Crippen LogP contribution is 2.14. The van der Waals surface area contributed by atoms with Gasteiger partial charge in [0.25, 0.3) is 0 Å². The average molecular weight is 422 g/mol. The normalized spacial score (nSPS) is 16.1. The summed E-state index contributed by atoms with van der Waals surface area (Å²) in [5.41, 5.74) is 0.473. The van der Waals surface area contributed by atoms with Gasteiger partial charge in [-0.1, -0.05) is 12.1 Å². The molecule has 0 spiro atoms. The zero-order valence-electron chi connectivity index (χ0n) is 18.8. The molecule has 1 unspecified atom stereocenters. The number of methoxy groups -OCH3 is 1. The SMILES string of the molecule is COc1cccc(COC(C)C(=O)NCCN2CCN(C(=O)OC(C)(C)C)CC2)c1. The first-order valence-corrected chi connectivity index (χ1v) is 10.4. The molecule has 1 fully saturated rings. The first-order valence-electron chi connectivity index (χ1n) is 10.4. The first kappa shape index (κ1) is 24.0. The lowest BCUT2D eigenvalue weighted by Gasteiger charge is -2.35. The molecule has 2 rings (SSSR count). The van der Waals surface area contributed by atoms with Gasteiger partial charge in [0.05, 0.1) is 13.7 Å². The second-order valence-electron chi connectivity index (χ2n) is 8.40. The van der Waals surface area contributed by atoms with Gasteiger partial charge in [-0.3, -0.25) is 9.69 Å². The molecule has 0 aliphatic carbocycles. The summed E-state index contributed by atoms with van der Waals surface area (Å²) < 4.78 is 16.3. The predicted molar refractivity (Wildman–Crippen MR) is 115 cm³/mol. The summed E-state index contributed by atoms with van der Waals surface area (Å²) >= 11 is 0. The van der Waals surface area contributed by atoms with Crippen LogP contribution in [0.5, 0.6) is 5.75 Å². The monoisotopic (exact) mass is 421 g/mol. The second kappa shape index (κ2) is 11.2. The smallest absolute Gasteiger partial charge is 0.410 e. The van der Waals surface area contributed by atoms with E-state index in [2.05, 4.69) is 10.2 Å². The maximum absolute atomic E-state index is 12.3. The van der Waals surface area contributed by atoms with Crippen molar-refractivity contribution in [2.45, 2.75) is 46.0 Å². The zero-order chi connectivity index (χ0) is 22.1. The summed E-state index contributed by atoms with van der Waals surface area (Å²) in [4.78, 5) is 28.3. The van der Waals surface area contributed by atoms with Crippen LogP contribution in [0.15, 0.2) is 24.3 Å². The van der Waals surface area contributed by atoms with Gasteiger partial charge < -0.3 is 24.4 Å². The molecule has 1 aromatic carbocycles. The molecule has 1 atom stereocenters. The number of carbonyl (C=O) groups excluding carboxylic acids is 2. The van der Waals surface area contributed by atoms with Gasteiger partial charge in [-0.05, 0) is 45.4 Å². The number of amides is 2. The third-order valence-corrected chi connectivity index (χ3v) is 4.75. The van der Waals surface area contributed by atoms with Gasteiger partial charge in [-0.25, -0.2) is 4.79 Å². The topological polar surface area (TPSA) is 80.3 Å². The van der Waals surface area contributed by atoms with Crippen molar-refractivity contribution in [2.75, 3.05) is 46.4 Å². The van der Waals surface area contributed by atoms with E-state index in [0.717, 1.165) is 30.9 Å². The van der Waals surface area contributed by atoms with E-state index in [4.69, 9.17) is 14.2 Å². The first-order chi connectivity index (χ1) is 14.2. The highest BCUT2D eigenvalue weighted by Gasteiger charge is 2.25. The fourth-order valence-electron chi connectivity index (χ4n) is 3.02. The summed E-state index contributed by atoms with van der Waals surface area (Å²) in [7, 11) is 1.62. The van der Waals surface area contributed by atoms with Crippen LogP contribution in [0.3, 0.4) is 0 Å². The molecule has 0 saturated carbocycles. The fraction of sp³-hybridized carbons (Fsp3) is 0.636. The number of nitrogens with zero attached hydrogens (tertiary/aromatic N) is 2. The van der Waals surface area contributed by atoms with Crippen molar-refractivity contribution in [3.63, 3.8) is 0 Å². The van der Waals surface area contributed by atoms with Crippen molar-refractivity contribution in [3.05, 3.63) is 29.8 Å². The molecule has 0 radical (unpaired) electrons. The molecule has 1 heterocycles. The molecule has 1 aromatic rings. The largest absolute Gasteiger partial charge is 0.497 e. The molecule has 0 bridgehead atoms. The molecule has 168 valence electrons. The Labute approximate surface area is 179 Å². The Hall–Kier alpha value is -2.32. The highest BCUT2D eigenvalue weighted by atomic mass is 16.6. The van der Waals surface area contributed by atoms with E-state index in [1.807, 2.05) is 45.0 Å². The Balaban J connectivity index is 1.63. The molecule has 8 heteroatoms. The maximum atomic E-state index is 12.3. The number of hydrogen-bond donors (Lipinski definition) is 1. The maximum Gasteiger partial charge on any atom is 0.410 e. The molecular formula is C22H35N3O5. The standard InChI is InChI=1S/C22H35N3O5/c1-17(29-16-18-7-6-8-19(15-18)28-5)20(26)23-9-10-24-11-13-25(14-12-24)21(27)30-22(2,3)4/h6-8,15,17H,9-14,16H2,1-5H3,(H,23,26). The Morgan fingerprint density at radius 2 is 1.87 bits per heavy atom. The lowest BCUT2D eigenvalue weighted by atomic mass is 10.2. The molecule has 0 aromatic heterocycles. The Morgan fingerprint density at radius 3 is 2.50 bits per heavy atom. The van der Waals surface area contributed by atoms with E-state index in [0.29, 0.717) is 26.2 Å². The summed E-state index contributed by atoms with van der Waals surface area (Å²) in [6, 6.07) is 7.59. The van der Waals surface area contributed by atoms with Crippen LogP contribution in [-0.4, -0.2) is 79.9 Å². The van der Waals surface area contributed by atoms with Crippen LogP contribution >= 0.6 is 0 Å². The molecule has 30 heavy (non-hydrogen) atoms. The van der Waals surface area contributed by atoms with Gasteiger partial charge in [0.2, 0.25) is 5.91 Å². The van der Waals surface area contributed by atoms with Crippen LogP contribution in [-0.2, 0) is 20.9 Å². The van der Waals surface area contributed by atoms with E-state index in [9.17, 15) is 9.59 Å². The molecular weight excluding hydrogens is 386 g/mol. The van der Waals surface area contributed by atoms with E-state index >= 15 is 0 Å². The molecule has 2 amide bonds. The Bertz CT molecular complexity index is 696. The van der Waals surface area contributed by atoms with Crippen molar-refractivity contribution in [2.24, 2.45) is 0 Å². The van der Waals surface area contributed by atoms with Crippen LogP contribution < -0.4 is 10.1 Å². The zero-order valence-corrected chi connectivity index (χ0v) is 18.8. The van der Waals surface area contributed by atoms with Crippen LogP contribution in [0, 0.1) is 0 Å². The summed E-state index contributed by atoms with van der Waals surface area (Å²) in [5, 5.41) is 2.92. The van der Waals surface area contributed by atoms with Gasteiger partial charge in [-0.15, -0.1) is 0 Å². The number of benzene rings is 1. The second-order valence-corrected chi connectivity index (χ2v) is 8.40. The lowest BCUT2D eigenvalue weighted by molar-refractivity contribution is -0.132. The Kier molecular flexibility index (Phi) is 8.92. The van der Waals surface area contributed by atoms with Crippen molar-refractivity contribution in [1.29, 1.82) is 0 Å². The minimum atomic E-state index is -0.541. The summed E-state index contributed by atoms with van der Waals surface area (Å²) in [6.07, 6.45) is -0.808. The van der Waals surface area contributed by atoms with Crippen LogP contribution in [0.25, 0.3) is 0 Å². The van der Waals surface area contributed by atoms with Crippen molar-refractivity contribution in [1.82, 2.24) is 15.1 Å². The highest BCUT2D eigenvalue weighted by molar-refractivity contribution is 5.80. The van der Waals surface area contributed by atoms with Crippen LogP contribution in [0.2, 0.25) is 0 Å². The van der Waals surface area contributed by atoms with Gasteiger partial charge in [-0.2, -0.15) is 0 Å². The molecule has 1 aliphatic rings. The lowest BCUT2D eigenvalue weighted by Crippen LogP contribution is -2.51. The minimum Gasteiger partial charge on any atom is -0.497 e.